The fourth-order valence-corrected chi connectivity index (χ4v) is 1.40. The third kappa shape index (κ3) is 5.63. The molecule has 0 aliphatic rings. The molecule has 1 aromatic rings. The predicted octanol–water partition coefficient (Wildman–Crippen LogP) is 1.48. The molecule has 4 nitrogen and oxygen atoms in total. The molecular formula is C13H18FNO3. The molecule has 0 heterocycles. The van der Waals surface area contributed by atoms with Crippen LogP contribution in [-0.2, 0) is 4.79 Å². The smallest absolute Gasteiger partial charge is 0.257 e. The number of aliphatic hydroxyl groups is 1. The van der Waals surface area contributed by atoms with Crippen molar-refractivity contribution >= 4 is 5.91 Å². The molecule has 0 saturated heterocycles. The second-order valence-corrected chi connectivity index (χ2v) is 3.85. The first-order valence-corrected chi connectivity index (χ1v) is 5.99. The van der Waals surface area contributed by atoms with Crippen molar-refractivity contribution in [1.82, 2.24) is 5.32 Å². The van der Waals surface area contributed by atoms with Gasteiger partial charge in [0.15, 0.2) is 18.2 Å². The summed E-state index contributed by atoms with van der Waals surface area (Å²) in [4.78, 5) is 11.4. The van der Waals surface area contributed by atoms with E-state index in [9.17, 15) is 9.18 Å². The third-order valence-electron chi connectivity index (χ3n) is 2.35. The molecule has 0 aliphatic heterocycles. The Morgan fingerprint density at radius 3 is 2.78 bits per heavy atom. The minimum absolute atomic E-state index is 0.0768. The number of hydrogen-bond donors (Lipinski definition) is 2. The summed E-state index contributed by atoms with van der Waals surface area (Å²) in [6, 6.07) is 5.96. The van der Waals surface area contributed by atoms with Crippen LogP contribution < -0.4 is 10.1 Å². The van der Waals surface area contributed by atoms with Gasteiger partial charge in [-0.05, 0) is 31.4 Å². The van der Waals surface area contributed by atoms with E-state index in [1.54, 1.807) is 12.1 Å². The van der Waals surface area contributed by atoms with Crippen molar-refractivity contribution in [3.63, 3.8) is 0 Å². The molecule has 0 spiro atoms. The van der Waals surface area contributed by atoms with E-state index >= 15 is 0 Å². The van der Waals surface area contributed by atoms with Crippen molar-refractivity contribution in [3.05, 3.63) is 30.1 Å². The molecule has 0 bridgehead atoms. The van der Waals surface area contributed by atoms with Crippen molar-refractivity contribution in [2.24, 2.45) is 0 Å². The predicted molar refractivity (Wildman–Crippen MR) is 65.8 cm³/mol. The number of para-hydroxylation sites is 1. The first kappa shape index (κ1) is 14.4. The molecule has 1 rings (SSSR count). The normalized spacial score (nSPS) is 10.1. The van der Waals surface area contributed by atoms with Gasteiger partial charge in [0.2, 0.25) is 0 Å². The first-order chi connectivity index (χ1) is 8.74. The second kappa shape index (κ2) is 8.47. The third-order valence-corrected chi connectivity index (χ3v) is 2.35. The summed E-state index contributed by atoms with van der Waals surface area (Å²) in [7, 11) is 0. The van der Waals surface area contributed by atoms with Gasteiger partial charge in [-0.1, -0.05) is 12.1 Å². The molecule has 2 N–H and O–H groups in total. The Hall–Kier alpha value is -1.62. The maximum Gasteiger partial charge on any atom is 0.257 e. The number of halogens is 1. The maximum atomic E-state index is 13.2. The topological polar surface area (TPSA) is 58.6 Å². The number of ether oxygens (including phenoxy) is 1. The van der Waals surface area contributed by atoms with Gasteiger partial charge in [0.05, 0.1) is 0 Å². The van der Waals surface area contributed by atoms with E-state index in [1.807, 2.05) is 0 Å². The zero-order valence-corrected chi connectivity index (χ0v) is 10.2. The zero-order valence-electron chi connectivity index (χ0n) is 10.2. The molecule has 0 saturated carbocycles. The quantitative estimate of drug-likeness (QED) is 0.692. The van der Waals surface area contributed by atoms with E-state index in [2.05, 4.69) is 5.32 Å². The van der Waals surface area contributed by atoms with Crippen LogP contribution in [0.25, 0.3) is 0 Å². The molecule has 1 aromatic carbocycles. The Labute approximate surface area is 106 Å². The highest BCUT2D eigenvalue weighted by molar-refractivity contribution is 5.77. The van der Waals surface area contributed by atoms with Gasteiger partial charge < -0.3 is 15.2 Å². The van der Waals surface area contributed by atoms with Crippen LogP contribution in [0.4, 0.5) is 4.39 Å². The highest BCUT2D eigenvalue weighted by atomic mass is 19.1. The number of unbranched alkanes of at least 4 members (excludes halogenated alkanes) is 2. The summed E-state index contributed by atoms with van der Waals surface area (Å²) in [6.07, 6.45) is 2.42. The van der Waals surface area contributed by atoms with Crippen LogP contribution >= 0.6 is 0 Å². The molecule has 0 aliphatic carbocycles. The molecule has 0 fully saturated rings. The summed E-state index contributed by atoms with van der Waals surface area (Å²) in [6.45, 7) is 0.519. The average Bonchev–Trinajstić information content (AvgIpc) is 2.37. The van der Waals surface area contributed by atoms with E-state index in [0.717, 1.165) is 19.3 Å². The van der Waals surface area contributed by atoms with Gasteiger partial charge in [0.25, 0.3) is 5.91 Å². The molecule has 0 radical (unpaired) electrons. The van der Waals surface area contributed by atoms with Crippen molar-refractivity contribution in [2.45, 2.75) is 19.3 Å². The molecular weight excluding hydrogens is 237 g/mol. The lowest BCUT2D eigenvalue weighted by molar-refractivity contribution is -0.123. The first-order valence-electron chi connectivity index (χ1n) is 5.99. The number of aliphatic hydroxyl groups excluding tert-OH is 1. The van der Waals surface area contributed by atoms with E-state index < -0.39 is 5.82 Å². The second-order valence-electron chi connectivity index (χ2n) is 3.85. The van der Waals surface area contributed by atoms with Gasteiger partial charge in [0.1, 0.15) is 0 Å². The summed E-state index contributed by atoms with van der Waals surface area (Å²) in [5.41, 5.74) is 0. The van der Waals surface area contributed by atoms with Crippen LogP contribution in [0.2, 0.25) is 0 Å². The fraction of sp³-hybridized carbons (Fsp3) is 0.462. The Kier molecular flexibility index (Phi) is 6.79. The van der Waals surface area contributed by atoms with E-state index in [1.165, 1.54) is 12.1 Å². The van der Waals surface area contributed by atoms with Crippen LogP contribution in [0.1, 0.15) is 19.3 Å². The summed E-state index contributed by atoms with van der Waals surface area (Å²) in [5, 5.41) is 11.2. The van der Waals surface area contributed by atoms with Crippen LogP contribution in [0, 0.1) is 5.82 Å². The monoisotopic (exact) mass is 255 g/mol. The van der Waals surface area contributed by atoms with Crippen LogP contribution in [0.15, 0.2) is 24.3 Å². The molecule has 0 atom stereocenters. The van der Waals surface area contributed by atoms with Gasteiger partial charge in [0, 0.05) is 13.2 Å². The lowest BCUT2D eigenvalue weighted by Crippen LogP contribution is -2.29. The van der Waals surface area contributed by atoms with Crippen LogP contribution in [0.3, 0.4) is 0 Å². The highest BCUT2D eigenvalue weighted by Crippen LogP contribution is 2.14. The number of hydrogen-bond acceptors (Lipinski definition) is 3. The van der Waals surface area contributed by atoms with Crippen LogP contribution in [-0.4, -0.2) is 30.8 Å². The SMILES string of the molecule is O=C(COc1ccccc1F)NCCCCCO. The number of rotatable bonds is 8. The summed E-state index contributed by atoms with van der Waals surface area (Å²) in [5.74, 6) is -0.677. The summed E-state index contributed by atoms with van der Waals surface area (Å²) >= 11 is 0. The highest BCUT2D eigenvalue weighted by Gasteiger charge is 2.05. The Morgan fingerprint density at radius 2 is 2.06 bits per heavy atom. The Bertz CT molecular complexity index is 371. The van der Waals surface area contributed by atoms with Crippen LogP contribution in [0.5, 0.6) is 5.75 Å². The van der Waals surface area contributed by atoms with Crippen molar-refractivity contribution in [3.8, 4) is 5.75 Å². The lowest BCUT2D eigenvalue weighted by atomic mass is 10.2. The van der Waals surface area contributed by atoms with Gasteiger partial charge in [-0.2, -0.15) is 0 Å². The maximum absolute atomic E-state index is 13.2. The number of benzene rings is 1. The number of carbonyl (C=O) groups excluding carboxylic acids is 1. The molecule has 5 heteroatoms. The molecule has 100 valence electrons. The molecule has 0 unspecified atom stereocenters. The zero-order chi connectivity index (χ0) is 13.2. The molecule has 18 heavy (non-hydrogen) atoms. The molecule has 1 amide bonds. The van der Waals surface area contributed by atoms with Gasteiger partial charge in [-0.3, -0.25) is 4.79 Å². The number of nitrogens with one attached hydrogen (secondary N) is 1. The van der Waals surface area contributed by atoms with E-state index in [-0.39, 0.29) is 24.9 Å². The lowest BCUT2D eigenvalue weighted by Gasteiger charge is -2.07. The Balaban J connectivity index is 2.15. The molecule has 0 aromatic heterocycles. The Morgan fingerprint density at radius 1 is 1.28 bits per heavy atom. The van der Waals surface area contributed by atoms with Crippen molar-refractivity contribution < 1.29 is 19.0 Å². The minimum atomic E-state index is -0.478. The van der Waals surface area contributed by atoms with Crippen molar-refractivity contribution in [1.29, 1.82) is 0 Å². The summed E-state index contributed by atoms with van der Waals surface area (Å²) < 4.78 is 18.2. The number of amides is 1. The van der Waals surface area contributed by atoms with E-state index in [4.69, 9.17) is 9.84 Å². The van der Waals surface area contributed by atoms with Gasteiger partial charge >= 0.3 is 0 Å². The van der Waals surface area contributed by atoms with Gasteiger partial charge in [-0.15, -0.1) is 0 Å². The standard InChI is InChI=1S/C13H18FNO3/c14-11-6-2-3-7-12(11)18-10-13(17)15-8-4-1-5-9-16/h2-3,6-7,16H,1,4-5,8-10H2,(H,15,17). The average molecular weight is 255 g/mol. The van der Waals surface area contributed by atoms with Crippen molar-refractivity contribution in [2.75, 3.05) is 19.8 Å². The van der Waals surface area contributed by atoms with E-state index in [0.29, 0.717) is 6.54 Å². The fourth-order valence-electron chi connectivity index (χ4n) is 1.40. The number of carbonyl (C=O) groups is 1. The minimum Gasteiger partial charge on any atom is -0.481 e. The largest absolute Gasteiger partial charge is 0.481 e. The van der Waals surface area contributed by atoms with Gasteiger partial charge in [-0.25, -0.2) is 4.39 Å².